The van der Waals surface area contributed by atoms with Gasteiger partial charge in [0.15, 0.2) is 5.16 Å². The quantitative estimate of drug-likeness (QED) is 0.322. The molecule has 0 spiro atoms. The fourth-order valence-electron chi connectivity index (χ4n) is 3.35. The van der Waals surface area contributed by atoms with Gasteiger partial charge in [0.2, 0.25) is 15.9 Å². The third-order valence-electron chi connectivity index (χ3n) is 5.13. The molecule has 4 aromatic rings. The molecule has 4 rings (SSSR count). The Morgan fingerprint density at radius 3 is 2.21 bits per heavy atom. The van der Waals surface area contributed by atoms with E-state index in [0.717, 1.165) is 33.6 Å². The van der Waals surface area contributed by atoms with Crippen LogP contribution in [0.3, 0.4) is 0 Å². The Kier molecular flexibility index (Phi) is 6.87. The zero-order valence-electron chi connectivity index (χ0n) is 18.7. The Balaban J connectivity index is 1.54. The summed E-state index contributed by atoms with van der Waals surface area (Å²) in [7, 11) is -3.85. The molecule has 0 atom stereocenters. The van der Waals surface area contributed by atoms with Crippen molar-refractivity contribution in [3.63, 3.8) is 0 Å². The molecule has 9 heteroatoms. The highest BCUT2D eigenvalue weighted by molar-refractivity contribution is 7.99. The first-order chi connectivity index (χ1) is 16.2. The molecule has 1 amide bonds. The Bertz CT molecular complexity index is 1370. The number of H-pyrrole nitrogens is 1. The number of carbonyl (C=O) groups is 1. The Morgan fingerprint density at radius 1 is 0.971 bits per heavy atom. The van der Waals surface area contributed by atoms with Gasteiger partial charge in [-0.05, 0) is 32.0 Å². The van der Waals surface area contributed by atoms with Gasteiger partial charge in [0.25, 0.3) is 0 Å². The summed E-state index contributed by atoms with van der Waals surface area (Å²) in [5.41, 5.74) is 6.36. The molecule has 1 heterocycles. The highest BCUT2D eigenvalue weighted by Gasteiger charge is 2.16. The van der Waals surface area contributed by atoms with Crippen molar-refractivity contribution in [3.8, 4) is 22.5 Å². The van der Waals surface area contributed by atoms with E-state index in [1.165, 1.54) is 30.0 Å². The van der Waals surface area contributed by atoms with Crippen LogP contribution >= 0.6 is 11.8 Å². The lowest BCUT2D eigenvalue weighted by Gasteiger charge is -2.06. The van der Waals surface area contributed by atoms with Crippen molar-refractivity contribution in [1.29, 1.82) is 0 Å². The topological polar surface area (TPSA) is 118 Å². The monoisotopic (exact) mass is 492 g/mol. The van der Waals surface area contributed by atoms with Crippen molar-refractivity contribution >= 4 is 33.4 Å². The van der Waals surface area contributed by atoms with Crippen molar-refractivity contribution in [2.45, 2.75) is 23.9 Å². The summed E-state index contributed by atoms with van der Waals surface area (Å²) >= 11 is 1.27. The average Bonchev–Trinajstić information content (AvgIpc) is 3.23. The fraction of sp³-hybridized carbons (Fsp3) is 0.120. The lowest BCUT2D eigenvalue weighted by molar-refractivity contribution is -0.113. The third-order valence-corrected chi connectivity index (χ3v) is 6.92. The lowest BCUT2D eigenvalue weighted by Crippen LogP contribution is -2.16. The van der Waals surface area contributed by atoms with E-state index < -0.39 is 10.0 Å². The Morgan fingerprint density at radius 2 is 1.59 bits per heavy atom. The van der Waals surface area contributed by atoms with Crippen LogP contribution in [0, 0.1) is 13.8 Å². The van der Waals surface area contributed by atoms with Crippen LogP contribution in [0.2, 0.25) is 0 Å². The molecule has 1 aromatic heterocycles. The second kappa shape index (κ2) is 9.84. The van der Waals surface area contributed by atoms with Crippen molar-refractivity contribution in [1.82, 2.24) is 9.97 Å². The molecule has 0 fully saturated rings. The van der Waals surface area contributed by atoms with E-state index in [1.54, 1.807) is 6.07 Å². The molecule has 0 saturated heterocycles. The van der Waals surface area contributed by atoms with Crippen LogP contribution in [0.4, 0.5) is 5.69 Å². The van der Waals surface area contributed by atoms with Crippen LogP contribution in [0.25, 0.3) is 22.5 Å². The van der Waals surface area contributed by atoms with Crippen molar-refractivity contribution < 1.29 is 13.2 Å². The Hall–Kier alpha value is -3.40. The van der Waals surface area contributed by atoms with Crippen LogP contribution in [0.1, 0.15) is 11.1 Å². The molecule has 0 aliphatic rings. The molecule has 0 bridgehead atoms. The predicted octanol–water partition coefficient (Wildman–Crippen LogP) is 4.74. The molecule has 0 aliphatic heterocycles. The summed E-state index contributed by atoms with van der Waals surface area (Å²) in [6.45, 7) is 4.07. The average molecular weight is 493 g/mol. The summed E-state index contributed by atoms with van der Waals surface area (Å²) in [5.74, 6) is -0.199. The minimum atomic E-state index is -3.85. The number of nitrogens with one attached hydrogen (secondary N) is 2. The molecule has 7 nitrogen and oxygen atoms in total. The number of aryl methyl sites for hydroxylation is 2. The number of aromatic nitrogens is 2. The number of sulfonamides is 1. The van der Waals surface area contributed by atoms with Gasteiger partial charge in [0.05, 0.1) is 22.0 Å². The largest absolute Gasteiger partial charge is 0.332 e. The molecule has 3 aromatic carbocycles. The number of rotatable bonds is 7. The first kappa shape index (κ1) is 23.7. The molecule has 0 unspecified atom stereocenters. The van der Waals surface area contributed by atoms with E-state index in [1.807, 2.05) is 62.4 Å². The highest BCUT2D eigenvalue weighted by atomic mass is 32.2. The second-order valence-electron chi connectivity index (χ2n) is 7.91. The normalized spacial score (nSPS) is 11.4. The maximum atomic E-state index is 12.5. The van der Waals surface area contributed by atoms with Crippen LogP contribution in [0.5, 0.6) is 0 Å². The van der Waals surface area contributed by atoms with E-state index in [2.05, 4.69) is 10.3 Å². The molecular formula is C25H24N4O3S2. The van der Waals surface area contributed by atoms with Crippen molar-refractivity contribution in [3.05, 3.63) is 83.9 Å². The number of hydrogen-bond acceptors (Lipinski definition) is 5. The first-order valence-electron chi connectivity index (χ1n) is 10.5. The number of nitrogens with zero attached hydrogens (tertiary/aromatic N) is 1. The number of amides is 1. The minimum Gasteiger partial charge on any atom is -0.332 e. The third kappa shape index (κ3) is 5.74. The number of aromatic amines is 1. The van der Waals surface area contributed by atoms with Gasteiger partial charge < -0.3 is 10.3 Å². The van der Waals surface area contributed by atoms with Gasteiger partial charge in [-0.1, -0.05) is 77.5 Å². The molecule has 34 heavy (non-hydrogen) atoms. The van der Waals surface area contributed by atoms with Crippen LogP contribution in [0.15, 0.2) is 82.8 Å². The second-order valence-corrected chi connectivity index (χ2v) is 10.4. The van der Waals surface area contributed by atoms with E-state index in [9.17, 15) is 13.2 Å². The summed E-state index contributed by atoms with van der Waals surface area (Å²) < 4.78 is 23.1. The highest BCUT2D eigenvalue weighted by Crippen LogP contribution is 2.33. The Labute approximate surface area is 202 Å². The number of benzene rings is 3. The number of nitrogens with two attached hydrogens (primary N) is 1. The number of primary sulfonamides is 1. The first-order valence-corrected chi connectivity index (χ1v) is 13.0. The standard InChI is InChI=1S/C25H24N4O3S2/c1-16-6-10-18(11-7-16)23-24(19-12-8-17(2)9-13-19)29-25(28-23)33-15-22(30)27-20-4-3-5-21(14-20)34(26,31)32/h3-14H,15H2,1-2H3,(H,27,30)(H,28,29)(H2,26,31,32). The number of imidazole rings is 1. The summed E-state index contributed by atoms with van der Waals surface area (Å²) in [6, 6.07) is 22.2. The summed E-state index contributed by atoms with van der Waals surface area (Å²) in [6.07, 6.45) is 0. The fourth-order valence-corrected chi connectivity index (χ4v) is 4.58. The SMILES string of the molecule is Cc1ccc(-c2nc(SCC(=O)Nc3cccc(S(N)(=O)=O)c3)[nH]c2-c2ccc(C)cc2)cc1. The van der Waals surface area contributed by atoms with Crippen LogP contribution in [-0.4, -0.2) is 30.0 Å². The molecule has 174 valence electrons. The van der Waals surface area contributed by atoms with E-state index in [-0.39, 0.29) is 16.6 Å². The van der Waals surface area contributed by atoms with E-state index in [0.29, 0.717) is 10.8 Å². The maximum absolute atomic E-state index is 12.5. The van der Waals surface area contributed by atoms with Gasteiger partial charge in [-0.2, -0.15) is 0 Å². The zero-order chi connectivity index (χ0) is 24.3. The number of hydrogen-bond donors (Lipinski definition) is 3. The minimum absolute atomic E-state index is 0.0607. The van der Waals surface area contributed by atoms with Gasteiger partial charge in [-0.3, -0.25) is 4.79 Å². The smallest absolute Gasteiger partial charge is 0.238 e. The molecular weight excluding hydrogens is 468 g/mol. The number of carbonyl (C=O) groups excluding carboxylic acids is 1. The molecule has 0 aliphatic carbocycles. The van der Waals surface area contributed by atoms with Crippen LogP contribution < -0.4 is 10.5 Å². The van der Waals surface area contributed by atoms with Crippen molar-refractivity contribution in [2.24, 2.45) is 5.14 Å². The maximum Gasteiger partial charge on any atom is 0.238 e. The molecule has 0 saturated carbocycles. The van der Waals surface area contributed by atoms with Gasteiger partial charge in [0, 0.05) is 16.8 Å². The molecule has 0 radical (unpaired) electrons. The van der Waals surface area contributed by atoms with Gasteiger partial charge >= 0.3 is 0 Å². The number of thioether (sulfide) groups is 1. The lowest BCUT2D eigenvalue weighted by atomic mass is 10.0. The van der Waals surface area contributed by atoms with Gasteiger partial charge in [-0.25, -0.2) is 18.5 Å². The number of anilines is 1. The van der Waals surface area contributed by atoms with Crippen molar-refractivity contribution in [2.75, 3.05) is 11.1 Å². The summed E-state index contributed by atoms with van der Waals surface area (Å²) in [4.78, 5) is 20.6. The van der Waals surface area contributed by atoms with Crippen LogP contribution in [-0.2, 0) is 14.8 Å². The van der Waals surface area contributed by atoms with E-state index >= 15 is 0 Å². The van der Waals surface area contributed by atoms with Gasteiger partial charge in [0.1, 0.15) is 0 Å². The predicted molar refractivity (Wildman–Crippen MR) is 136 cm³/mol. The zero-order valence-corrected chi connectivity index (χ0v) is 20.3. The van der Waals surface area contributed by atoms with E-state index in [4.69, 9.17) is 10.1 Å². The summed E-state index contributed by atoms with van der Waals surface area (Å²) in [5, 5.41) is 8.47. The van der Waals surface area contributed by atoms with Gasteiger partial charge in [-0.15, -0.1) is 0 Å². The molecule has 4 N–H and O–H groups in total.